The summed E-state index contributed by atoms with van der Waals surface area (Å²) >= 11 is 1.53. The van der Waals surface area contributed by atoms with Crippen LogP contribution < -0.4 is 10.0 Å². The third-order valence-electron chi connectivity index (χ3n) is 3.76. The van der Waals surface area contributed by atoms with E-state index in [9.17, 15) is 17.6 Å². The summed E-state index contributed by atoms with van der Waals surface area (Å²) in [6.45, 7) is 2.30. The minimum atomic E-state index is -3.95. The fraction of sp³-hybridized carbons (Fsp3) is 0.312. The molecule has 0 unspecified atom stereocenters. The van der Waals surface area contributed by atoms with Crippen molar-refractivity contribution in [2.75, 3.05) is 0 Å². The van der Waals surface area contributed by atoms with Crippen molar-refractivity contribution >= 4 is 27.3 Å². The van der Waals surface area contributed by atoms with Crippen LogP contribution >= 0.6 is 11.3 Å². The summed E-state index contributed by atoms with van der Waals surface area (Å²) in [4.78, 5) is 12.8. The van der Waals surface area contributed by atoms with Crippen LogP contribution in [0.25, 0.3) is 0 Å². The van der Waals surface area contributed by atoms with Gasteiger partial charge in [-0.1, -0.05) is 0 Å². The summed E-state index contributed by atoms with van der Waals surface area (Å²) in [5.74, 6) is -1.31. The summed E-state index contributed by atoms with van der Waals surface area (Å²) in [5.41, 5.74) is 1.19. The molecule has 1 aliphatic rings. The van der Waals surface area contributed by atoms with Crippen molar-refractivity contribution in [3.63, 3.8) is 0 Å². The number of halogens is 1. The average Bonchev–Trinajstić information content (AvgIpc) is 3.24. The Bertz CT molecular complexity index is 873. The van der Waals surface area contributed by atoms with Gasteiger partial charge >= 0.3 is 0 Å². The topological polar surface area (TPSA) is 75.3 Å². The second kappa shape index (κ2) is 6.62. The van der Waals surface area contributed by atoms with Gasteiger partial charge in [-0.25, -0.2) is 17.5 Å². The van der Waals surface area contributed by atoms with Gasteiger partial charge in [-0.05, 0) is 55.0 Å². The molecule has 128 valence electrons. The fourth-order valence-corrected chi connectivity index (χ4v) is 4.44. The summed E-state index contributed by atoms with van der Waals surface area (Å²) in [5, 5.41) is 4.66. The second-order valence-corrected chi connectivity index (χ2v) is 8.43. The Morgan fingerprint density at radius 3 is 2.71 bits per heavy atom. The van der Waals surface area contributed by atoms with Crippen molar-refractivity contribution < 1.29 is 17.6 Å². The molecule has 3 rings (SSSR count). The van der Waals surface area contributed by atoms with E-state index in [1.54, 1.807) is 0 Å². The van der Waals surface area contributed by atoms with Crippen LogP contribution in [0.1, 0.15) is 33.6 Å². The molecule has 8 heteroatoms. The SMILES string of the molecule is Cc1ccsc1CNC(=O)c1ccc(F)c(S(=O)(=O)NC2CC2)c1. The molecule has 0 radical (unpaired) electrons. The molecule has 5 nitrogen and oxygen atoms in total. The van der Waals surface area contributed by atoms with E-state index in [0.29, 0.717) is 6.54 Å². The van der Waals surface area contributed by atoms with Gasteiger partial charge in [0.05, 0.1) is 6.54 Å². The zero-order chi connectivity index (χ0) is 17.3. The molecular formula is C16H17FN2O3S2. The number of sulfonamides is 1. The second-order valence-electron chi connectivity index (χ2n) is 5.75. The van der Waals surface area contributed by atoms with Crippen LogP contribution in [0.4, 0.5) is 4.39 Å². The minimum Gasteiger partial charge on any atom is -0.347 e. The molecule has 1 aromatic heterocycles. The molecule has 1 aromatic carbocycles. The van der Waals surface area contributed by atoms with Crippen LogP contribution in [-0.4, -0.2) is 20.4 Å². The van der Waals surface area contributed by atoms with E-state index in [2.05, 4.69) is 10.0 Å². The Kier molecular flexibility index (Phi) is 4.71. The molecule has 1 heterocycles. The number of hydrogen-bond donors (Lipinski definition) is 2. The standard InChI is InChI=1S/C16H17FN2O3S2/c1-10-6-7-23-14(10)9-18-16(20)11-2-5-13(17)15(8-11)24(21,22)19-12-3-4-12/h2,5-8,12,19H,3-4,9H2,1H3,(H,18,20). The summed E-state index contributed by atoms with van der Waals surface area (Å²) in [6, 6.07) is 5.19. The van der Waals surface area contributed by atoms with Gasteiger partial charge < -0.3 is 5.32 Å². The Hall–Kier alpha value is -1.77. The molecule has 2 aromatic rings. The lowest BCUT2D eigenvalue weighted by molar-refractivity contribution is 0.0951. The van der Waals surface area contributed by atoms with Crippen molar-refractivity contribution in [1.29, 1.82) is 0 Å². The number of rotatable bonds is 6. The number of aryl methyl sites for hydroxylation is 1. The molecule has 1 amide bonds. The highest BCUT2D eigenvalue weighted by Crippen LogP contribution is 2.24. The van der Waals surface area contributed by atoms with E-state index in [-0.39, 0.29) is 11.6 Å². The Balaban J connectivity index is 1.77. The van der Waals surface area contributed by atoms with E-state index >= 15 is 0 Å². The molecule has 0 spiro atoms. The van der Waals surface area contributed by atoms with E-state index in [0.717, 1.165) is 35.4 Å². The fourth-order valence-electron chi connectivity index (χ4n) is 2.18. The molecule has 0 aliphatic heterocycles. The van der Waals surface area contributed by atoms with Crippen LogP contribution in [0.5, 0.6) is 0 Å². The molecule has 0 saturated heterocycles. The maximum atomic E-state index is 13.9. The van der Waals surface area contributed by atoms with Gasteiger partial charge in [0.2, 0.25) is 10.0 Å². The van der Waals surface area contributed by atoms with Gasteiger partial charge in [0.15, 0.2) is 0 Å². The number of nitrogens with one attached hydrogen (secondary N) is 2. The molecule has 0 atom stereocenters. The zero-order valence-corrected chi connectivity index (χ0v) is 14.6. The summed E-state index contributed by atoms with van der Waals surface area (Å²) in [7, 11) is -3.95. The first kappa shape index (κ1) is 17.1. The lowest BCUT2D eigenvalue weighted by atomic mass is 10.2. The highest BCUT2D eigenvalue weighted by molar-refractivity contribution is 7.89. The Morgan fingerprint density at radius 2 is 2.08 bits per heavy atom. The Morgan fingerprint density at radius 1 is 1.33 bits per heavy atom. The van der Waals surface area contributed by atoms with Crippen molar-refractivity contribution in [2.24, 2.45) is 0 Å². The third kappa shape index (κ3) is 3.82. The van der Waals surface area contributed by atoms with Gasteiger partial charge in [-0.15, -0.1) is 11.3 Å². The first-order valence-electron chi connectivity index (χ1n) is 7.50. The van der Waals surface area contributed by atoms with Gasteiger partial charge in [0.25, 0.3) is 5.91 Å². The van der Waals surface area contributed by atoms with E-state index in [4.69, 9.17) is 0 Å². The number of carbonyl (C=O) groups excluding carboxylic acids is 1. The number of hydrogen-bond acceptors (Lipinski definition) is 4. The average molecular weight is 368 g/mol. The highest BCUT2D eigenvalue weighted by atomic mass is 32.2. The molecule has 1 saturated carbocycles. The Labute approximate surface area is 144 Å². The smallest absolute Gasteiger partial charge is 0.251 e. The normalized spacial score (nSPS) is 14.6. The maximum absolute atomic E-state index is 13.9. The number of benzene rings is 1. The van der Waals surface area contributed by atoms with Gasteiger partial charge in [-0.3, -0.25) is 4.79 Å². The molecule has 0 bridgehead atoms. The quantitative estimate of drug-likeness (QED) is 0.823. The van der Waals surface area contributed by atoms with E-state index in [1.807, 2.05) is 18.4 Å². The van der Waals surface area contributed by atoms with Crippen molar-refractivity contribution in [1.82, 2.24) is 10.0 Å². The number of carbonyl (C=O) groups is 1. The molecule has 2 N–H and O–H groups in total. The van der Waals surface area contributed by atoms with Crippen LogP contribution in [-0.2, 0) is 16.6 Å². The first-order valence-corrected chi connectivity index (χ1v) is 9.86. The minimum absolute atomic E-state index is 0.113. The molecular weight excluding hydrogens is 351 g/mol. The van der Waals surface area contributed by atoms with E-state index < -0.39 is 26.6 Å². The largest absolute Gasteiger partial charge is 0.347 e. The molecule has 1 fully saturated rings. The van der Waals surface area contributed by atoms with Crippen molar-refractivity contribution in [3.8, 4) is 0 Å². The van der Waals surface area contributed by atoms with Crippen LogP contribution in [0.2, 0.25) is 0 Å². The monoisotopic (exact) mass is 368 g/mol. The van der Waals surface area contributed by atoms with Crippen LogP contribution in [0.15, 0.2) is 34.5 Å². The van der Waals surface area contributed by atoms with Crippen molar-refractivity contribution in [3.05, 3.63) is 51.5 Å². The van der Waals surface area contributed by atoms with Crippen molar-refractivity contribution in [2.45, 2.75) is 37.2 Å². The molecule has 24 heavy (non-hydrogen) atoms. The van der Waals surface area contributed by atoms with Crippen LogP contribution in [0.3, 0.4) is 0 Å². The van der Waals surface area contributed by atoms with Gasteiger partial charge in [0, 0.05) is 16.5 Å². The van der Waals surface area contributed by atoms with E-state index in [1.165, 1.54) is 17.4 Å². The van der Waals surface area contributed by atoms with Crippen LogP contribution in [0, 0.1) is 12.7 Å². The highest BCUT2D eigenvalue weighted by Gasteiger charge is 2.30. The summed E-state index contributed by atoms with van der Waals surface area (Å²) in [6.07, 6.45) is 1.50. The number of thiophene rings is 1. The lowest BCUT2D eigenvalue weighted by Crippen LogP contribution is -2.28. The predicted octanol–water partition coefficient (Wildman–Crippen LogP) is 2.57. The van der Waals surface area contributed by atoms with Gasteiger partial charge in [-0.2, -0.15) is 0 Å². The predicted molar refractivity (Wildman–Crippen MR) is 90.0 cm³/mol. The third-order valence-corrected chi connectivity index (χ3v) is 6.32. The first-order chi connectivity index (χ1) is 11.4. The lowest BCUT2D eigenvalue weighted by Gasteiger charge is -2.09. The van der Waals surface area contributed by atoms with Gasteiger partial charge in [0.1, 0.15) is 10.7 Å². The number of amides is 1. The zero-order valence-electron chi connectivity index (χ0n) is 13.0. The summed E-state index contributed by atoms with van der Waals surface area (Å²) < 4.78 is 40.7. The maximum Gasteiger partial charge on any atom is 0.251 e. The molecule has 1 aliphatic carbocycles.